The molecule has 0 unspecified atom stereocenters. The summed E-state index contributed by atoms with van der Waals surface area (Å²) < 4.78 is 40.4. The van der Waals surface area contributed by atoms with Crippen LogP contribution in [0, 0.1) is 0 Å². The van der Waals surface area contributed by atoms with Crippen LogP contribution in [0.3, 0.4) is 0 Å². The second-order valence-corrected chi connectivity index (χ2v) is 4.06. The van der Waals surface area contributed by atoms with E-state index in [0.29, 0.717) is 5.56 Å². The number of hydrogen-bond donors (Lipinski definition) is 1. The number of nitrogens with one attached hydrogen (secondary N) is 1. The van der Waals surface area contributed by atoms with Gasteiger partial charge >= 0.3 is 18.1 Å². The van der Waals surface area contributed by atoms with Gasteiger partial charge in [-0.1, -0.05) is 18.2 Å². The lowest BCUT2D eigenvalue weighted by Gasteiger charge is -2.08. The van der Waals surface area contributed by atoms with Crippen LogP contribution in [0.2, 0.25) is 0 Å². The molecule has 0 spiro atoms. The fourth-order valence-corrected chi connectivity index (χ4v) is 1.46. The molecule has 8 heteroatoms. The third kappa shape index (κ3) is 5.25. The molecule has 1 rings (SSSR count). The first-order chi connectivity index (χ1) is 9.74. The molecule has 0 saturated heterocycles. The highest BCUT2D eigenvalue weighted by atomic mass is 19.4. The van der Waals surface area contributed by atoms with Gasteiger partial charge in [-0.3, -0.25) is 14.4 Å². The Balaban J connectivity index is 2.68. The average molecular weight is 303 g/mol. The number of carbonyl (C=O) groups excluding carboxylic acids is 3. The van der Waals surface area contributed by atoms with Crippen LogP contribution in [0.1, 0.15) is 15.9 Å². The summed E-state index contributed by atoms with van der Waals surface area (Å²) >= 11 is 0. The highest BCUT2D eigenvalue weighted by Gasteiger charge is 2.38. The average Bonchev–Trinajstić information content (AvgIpc) is 2.43. The summed E-state index contributed by atoms with van der Waals surface area (Å²) in [4.78, 5) is 33.4. The second kappa shape index (κ2) is 6.87. The van der Waals surface area contributed by atoms with Gasteiger partial charge in [-0.2, -0.15) is 13.2 Å². The van der Waals surface area contributed by atoms with Gasteiger partial charge in [0.2, 0.25) is 0 Å². The summed E-state index contributed by atoms with van der Waals surface area (Å²) in [7, 11) is 1.21. The number of alkyl halides is 3. The smallest absolute Gasteiger partial charge is 0.469 e. The van der Waals surface area contributed by atoms with Gasteiger partial charge in [0.25, 0.3) is 0 Å². The number of amides is 1. The fraction of sp³-hybridized carbons (Fsp3) is 0.308. The normalized spacial score (nSPS) is 10.9. The van der Waals surface area contributed by atoms with E-state index >= 15 is 0 Å². The Kier molecular flexibility index (Phi) is 5.45. The van der Waals surface area contributed by atoms with Crippen molar-refractivity contribution in [3.05, 3.63) is 35.4 Å². The molecule has 0 atom stereocenters. The molecule has 0 aliphatic heterocycles. The van der Waals surface area contributed by atoms with E-state index in [2.05, 4.69) is 4.74 Å². The van der Waals surface area contributed by atoms with E-state index < -0.39 is 30.4 Å². The van der Waals surface area contributed by atoms with Crippen molar-refractivity contribution in [1.29, 1.82) is 0 Å². The zero-order valence-electron chi connectivity index (χ0n) is 11.0. The molecule has 0 saturated carbocycles. The molecule has 0 radical (unpaired) electrons. The minimum atomic E-state index is -5.03. The number of halogens is 3. The number of ketones is 1. The SMILES string of the molecule is COC(=O)Cc1cccc(C(=O)CNC(=O)C(F)(F)F)c1. The number of benzene rings is 1. The predicted octanol–water partition coefficient (Wildman–Crippen LogP) is 1.26. The lowest BCUT2D eigenvalue weighted by atomic mass is 10.1. The molecule has 0 aromatic heterocycles. The molecule has 0 heterocycles. The quantitative estimate of drug-likeness (QED) is 0.656. The van der Waals surface area contributed by atoms with Crippen molar-refractivity contribution < 1.29 is 32.3 Å². The molecule has 0 bridgehead atoms. The minimum Gasteiger partial charge on any atom is -0.469 e. The van der Waals surface area contributed by atoms with Gasteiger partial charge in [-0.15, -0.1) is 0 Å². The zero-order chi connectivity index (χ0) is 16.0. The Morgan fingerprint density at radius 1 is 1.24 bits per heavy atom. The minimum absolute atomic E-state index is 0.0630. The van der Waals surface area contributed by atoms with Crippen molar-refractivity contribution in [2.45, 2.75) is 12.6 Å². The molecule has 1 aromatic rings. The van der Waals surface area contributed by atoms with Gasteiger partial charge in [0.1, 0.15) is 0 Å². The van der Waals surface area contributed by atoms with Gasteiger partial charge in [-0.05, 0) is 11.6 Å². The van der Waals surface area contributed by atoms with E-state index in [1.807, 2.05) is 0 Å². The number of methoxy groups -OCH3 is 1. The molecular formula is C13H12F3NO4. The Labute approximate surface area is 118 Å². The third-order valence-electron chi connectivity index (χ3n) is 2.49. The summed E-state index contributed by atoms with van der Waals surface area (Å²) in [5.41, 5.74) is 0.578. The zero-order valence-corrected chi connectivity index (χ0v) is 11.0. The molecule has 1 amide bonds. The number of carbonyl (C=O) groups is 3. The summed E-state index contributed by atoms with van der Waals surface area (Å²) in [6.07, 6.45) is -5.10. The van der Waals surface area contributed by atoms with Crippen molar-refractivity contribution in [1.82, 2.24) is 5.32 Å². The van der Waals surface area contributed by atoms with Gasteiger partial charge in [0, 0.05) is 5.56 Å². The van der Waals surface area contributed by atoms with E-state index in [1.165, 1.54) is 30.6 Å². The molecule has 0 aliphatic rings. The maximum Gasteiger partial charge on any atom is 0.471 e. The van der Waals surface area contributed by atoms with Crippen molar-refractivity contribution in [2.75, 3.05) is 13.7 Å². The van der Waals surface area contributed by atoms with E-state index in [4.69, 9.17) is 0 Å². The number of ether oxygens (including phenoxy) is 1. The lowest BCUT2D eigenvalue weighted by Crippen LogP contribution is -2.39. The monoisotopic (exact) mass is 303 g/mol. The topological polar surface area (TPSA) is 72.5 Å². The lowest BCUT2D eigenvalue weighted by molar-refractivity contribution is -0.173. The Hall–Kier alpha value is -2.38. The Bertz CT molecular complexity index is 555. The van der Waals surface area contributed by atoms with Crippen LogP contribution >= 0.6 is 0 Å². The van der Waals surface area contributed by atoms with E-state index in [9.17, 15) is 27.6 Å². The molecule has 114 valence electrons. The summed E-state index contributed by atoms with van der Waals surface area (Å²) in [6.45, 7) is -0.778. The number of esters is 1. The van der Waals surface area contributed by atoms with Gasteiger partial charge in [0.05, 0.1) is 20.1 Å². The number of Topliss-reactive ketones (excluding diaryl/α,β-unsaturated/α-hetero) is 1. The Morgan fingerprint density at radius 2 is 1.90 bits per heavy atom. The first-order valence-corrected chi connectivity index (χ1v) is 5.78. The van der Waals surface area contributed by atoms with Crippen molar-refractivity contribution in [2.24, 2.45) is 0 Å². The highest BCUT2D eigenvalue weighted by molar-refractivity contribution is 6.00. The van der Waals surface area contributed by atoms with Crippen LogP contribution in [0.15, 0.2) is 24.3 Å². The summed E-state index contributed by atoms with van der Waals surface area (Å²) in [5, 5.41) is 1.49. The number of hydrogen-bond acceptors (Lipinski definition) is 4. The molecule has 1 aromatic carbocycles. The predicted molar refractivity (Wildman–Crippen MR) is 65.6 cm³/mol. The van der Waals surface area contributed by atoms with Crippen molar-refractivity contribution >= 4 is 17.7 Å². The van der Waals surface area contributed by atoms with Gasteiger partial charge in [-0.25, -0.2) is 0 Å². The van der Waals surface area contributed by atoms with Crippen LogP contribution in [0.4, 0.5) is 13.2 Å². The van der Waals surface area contributed by atoms with Crippen LogP contribution < -0.4 is 5.32 Å². The molecular weight excluding hydrogens is 291 g/mol. The van der Waals surface area contributed by atoms with Crippen molar-refractivity contribution in [3.8, 4) is 0 Å². The first-order valence-electron chi connectivity index (χ1n) is 5.78. The van der Waals surface area contributed by atoms with Crippen molar-refractivity contribution in [3.63, 3.8) is 0 Å². The second-order valence-electron chi connectivity index (χ2n) is 4.06. The van der Waals surface area contributed by atoms with Crippen LogP contribution in [-0.2, 0) is 20.7 Å². The van der Waals surface area contributed by atoms with Crippen LogP contribution in [0.25, 0.3) is 0 Å². The molecule has 0 fully saturated rings. The van der Waals surface area contributed by atoms with Gasteiger partial charge < -0.3 is 10.1 Å². The maximum absolute atomic E-state index is 12.0. The fourth-order valence-electron chi connectivity index (χ4n) is 1.46. The molecule has 5 nitrogen and oxygen atoms in total. The Morgan fingerprint density at radius 3 is 2.48 bits per heavy atom. The van der Waals surface area contributed by atoms with E-state index in [1.54, 1.807) is 6.07 Å². The van der Waals surface area contributed by atoms with Crippen LogP contribution in [0.5, 0.6) is 0 Å². The largest absolute Gasteiger partial charge is 0.471 e. The van der Waals surface area contributed by atoms with E-state index in [0.717, 1.165) is 0 Å². The van der Waals surface area contributed by atoms with Crippen LogP contribution in [-0.4, -0.2) is 37.5 Å². The van der Waals surface area contributed by atoms with Gasteiger partial charge in [0.15, 0.2) is 5.78 Å². The molecule has 0 aliphatic carbocycles. The molecule has 1 N–H and O–H groups in total. The summed E-state index contributed by atoms with van der Waals surface area (Å²) in [6, 6.07) is 5.79. The standard InChI is InChI=1S/C13H12F3NO4/c1-21-11(19)6-8-3-2-4-9(5-8)10(18)7-17-12(20)13(14,15)16/h2-5H,6-7H2,1H3,(H,17,20). The van der Waals surface area contributed by atoms with E-state index in [-0.39, 0.29) is 12.0 Å². The summed E-state index contributed by atoms with van der Waals surface area (Å²) in [5.74, 6) is -3.38. The first kappa shape index (κ1) is 16.7. The number of rotatable bonds is 5. The molecule has 21 heavy (non-hydrogen) atoms. The third-order valence-corrected chi connectivity index (χ3v) is 2.49. The highest BCUT2D eigenvalue weighted by Crippen LogP contribution is 2.14. The maximum atomic E-state index is 12.0.